The van der Waals surface area contributed by atoms with E-state index in [-0.39, 0.29) is 18.1 Å². The maximum absolute atomic E-state index is 10.6. The van der Waals surface area contributed by atoms with Gasteiger partial charge < -0.3 is 10.2 Å². The van der Waals surface area contributed by atoms with Gasteiger partial charge in [-0.2, -0.15) is 0 Å². The fraction of sp³-hybridized carbons (Fsp3) is 0.833. The van der Waals surface area contributed by atoms with Crippen molar-refractivity contribution in [3.05, 3.63) is 0 Å². The molecule has 0 aromatic rings. The number of hydrogen-bond donors (Lipinski definition) is 2. The second-order valence-corrected chi connectivity index (χ2v) is 2.31. The van der Waals surface area contributed by atoms with Gasteiger partial charge in [0.1, 0.15) is 5.78 Å². The topological polar surface area (TPSA) is 57.5 Å². The molecule has 0 spiro atoms. The standard InChI is InChI=1S/C6H12O3/c1-4(2)5(7)3-6(8)9/h4,6,8-9H,3H2,1-2H3. The number of aliphatic hydroxyl groups is 2. The summed E-state index contributed by atoms with van der Waals surface area (Å²) >= 11 is 0. The quantitative estimate of drug-likeness (QED) is 0.528. The van der Waals surface area contributed by atoms with Gasteiger partial charge in [-0.25, -0.2) is 0 Å². The van der Waals surface area contributed by atoms with E-state index in [1.807, 2.05) is 0 Å². The van der Waals surface area contributed by atoms with Crippen molar-refractivity contribution >= 4 is 5.78 Å². The van der Waals surface area contributed by atoms with Gasteiger partial charge in [0.05, 0.1) is 6.42 Å². The Hall–Kier alpha value is -0.410. The van der Waals surface area contributed by atoms with Crippen LogP contribution >= 0.6 is 0 Å². The minimum Gasteiger partial charge on any atom is -0.368 e. The highest BCUT2D eigenvalue weighted by Gasteiger charge is 2.10. The van der Waals surface area contributed by atoms with Gasteiger partial charge in [0.2, 0.25) is 0 Å². The molecule has 0 aliphatic carbocycles. The molecule has 0 atom stereocenters. The van der Waals surface area contributed by atoms with Crippen molar-refractivity contribution in [1.82, 2.24) is 0 Å². The van der Waals surface area contributed by atoms with Crippen molar-refractivity contribution in [3.8, 4) is 0 Å². The third-order valence-corrected chi connectivity index (χ3v) is 1.03. The molecule has 0 radical (unpaired) electrons. The minimum atomic E-state index is -1.49. The SMILES string of the molecule is CC(C)C(=O)CC(O)O. The van der Waals surface area contributed by atoms with E-state index >= 15 is 0 Å². The summed E-state index contributed by atoms with van der Waals surface area (Å²) in [4.78, 5) is 10.6. The zero-order valence-corrected chi connectivity index (χ0v) is 5.66. The van der Waals surface area contributed by atoms with E-state index in [0.717, 1.165) is 0 Å². The molecule has 0 bridgehead atoms. The third kappa shape index (κ3) is 4.12. The van der Waals surface area contributed by atoms with E-state index in [1.165, 1.54) is 0 Å². The molecule has 9 heavy (non-hydrogen) atoms. The molecule has 0 heterocycles. The van der Waals surface area contributed by atoms with Crippen LogP contribution in [0.15, 0.2) is 0 Å². The first kappa shape index (κ1) is 8.59. The van der Waals surface area contributed by atoms with E-state index in [1.54, 1.807) is 13.8 Å². The van der Waals surface area contributed by atoms with Crippen LogP contribution in [0.1, 0.15) is 20.3 Å². The molecule has 0 amide bonds. The Labute approximate surface area is 54.3 Å². The van der Waals surface area contributed by atoms with Crippen LogP contribution in [-0.2, 0) is 4.79 Å². The van der Waals surface area contributed by atoms with Gasteiger partial charge in [-0.05, 0) is 0 Å². The Morgan fingerprint density at radius 2 is 1.89 bits per heavy atom. The van der Waals surface area contributed by atoms with E-state index in [2.05, 4.69) is 0 Å². The second kappa shape index (κ2) is 3.58. The zero-order chi connectivity index (χ0) is 7.44. The third-order valence-electron chi connectivity index (χ3n) is 1.03. The molecule has 0 unspecified atom stereocenters. The fourth-order valence-electron chi connectivity index (χ4n) is 0.416. The first-order chi connectivity index (χ1) is 4.04. The minimum absolute atomic E-state index is 0.105. The van der Waals surface area contributed by atoms with Crippen LogP contribution in [-0.4, -0.2) is 22.3 Å². The highest BCUT2D eigenvalue weighted by Crippen LogP contribution is 1.99. The molecule has 3 nitrogen and oxygen atoms in total. The number of aliphatic hydroxyl groups excluding tert-OH is 1. The van der Waals surface area contributed by atoms with Crippen LogP contribution in [0.25, 0.3) is 0 Å². The van der Waals surface area contributed by atoms with Crippen LogP contribution in [0.4, 0.5) is 0 Å². The van der Waals surface area contributed by atoms with Crippen molar-refractivity contribution in [2.24, 2.45) is 5.92 Å². The van der Waals surface area contributed by atoms with Crippen molar-refractivity contribution in [3.63, 3.8) is 0 Å². The molecule has 0 rings (SSSR count). The Kier molecular flexibility index (Phi) is 3.42. The lowest BCUT2D eigenvalue weighted by Crippen LogP contribution is -2.16. The van der Waals surface area contributed by atoms with Gasteiger partial charge in [0.15, 0.2) is 6.29 Å². The summed E-state index contributed by atoms with van der Waals surface area (Å²) < 4.78 is 0. The molecule has 3 heteroatoms. The van der Waals surface area contributed by atoms with Crippen LogP contribution < -0.4 is 0 Å². The Bertz CT molecular complexity index is 96.5. The van der Waals surface area contributed by atoms with Crippen molar-refractivity contribution in [1.29, 1.82) is 0 Å². The monoisotopic (exact) mass is 132 g/mol. The van der Waals surface area contributed by atoms with E-state index in [4.69, 9.17) is 10.2 Å². The summed E-state index contributed by atoms with van der Waals surface area (Å²) in [6, 6.07) is 0. The molecule has 2 N–H and O–H groups in total. The predicted octanol–water partition coefficient (Wildman–Crippen LogP) is -0.0877. The first-order valence-electron chi connectivity index (χ1n) is 2.93. The average molecular weight is 132 g/mol. The van der Waals surface area contributed by atoms with Crippen LogP contribution in [0.3, 0.4) is 0 Å². The molecule has 0 aliphatic rings. The van der Waals surface area contributed by atoms with Gasteiger partial charge in [0, 0.05) is 5.92 Å². The summed E-state index contributed by atoms with van der Waals surface area (Å²) in [5, 5.41) is 16.6. The van der Waals surface area contributed by atoms with E-state index in [0.29, 0.717) is 0 Å². The number of ketones is 1. The maximum atomic E-state index is 10.6. The molecule has 0 saturated heterocycles. The van der Waals surface area contributed by atoms with Gasteiger partial charge in [-0.15, -0.1) is 0 Å². The van der Waals surface area contributed by atoms with Crippen molar-refractivity contribution in [2.45, 2.75) is 26.6 Å². The lowest BCUT2D eigenvalue weighted by molar-refractivity contribution is -0.130. The molecule has 0 aromatic carbocycles. The lowest BCUT2D eigenvalue weighted by atomic mass is 10.1. The molecule has 0 fully saturated rings. The van der Waals surface area contributed by atoms with Crippen LogP contribution in [0.5, 0.6) is 0 Å². The molecule has 54 valence electrons. The fourth-order valence-corrected chi connectivity index (χ4v) is 0.416. The van der Waals surface area contributed by atoms with Crippen LogP contribution in [0, 0.1) is 5.92 Å². The largest absolute Gasteiger partial charge is 0.368 e. The predicted molar refractivity (Wildman–Crippen MR) is 32.7 cm³/mol. The summed E-state index contributed by atoms with van der Waals surface area (Å²) in [6.45, 7) is 3.45. The summed E-state index contributed by atoms with van der Waals surface area (Å²) in [6.07, 6.45) is -1.64. The zero-order valence-electron chi connectivity index (χ0n) is 5.66. The highest BCUT2D eigenvalue weighted by molar-refractivity contribution is 5.80. The number of carbonyl (C=O) groups excluding carboxylic acids is 1. The number of carbonyl (C=O) groups is 1. The van der Waals surface area contributed by atoms with Crippen LogP contribution in [0.2, 0.25) is 0 Å². The lowest BCUT2D eigenvalue weighted by Gasteiger charge is -2.03. The molecular formula is C6H12O3. The Morgan fingerprint density at radius 3 is 2.00 bits per heavy atom. The number of Topliss-reactive ketones (excluding diaryl/α,β-unsaturated/α-hetero) is 1. The summed E-state index contributed by atoms with van der Waals surface area (Å²) in [5.41, 5.74) is 0. The number of rotatable bonds is 3. The molecule has 0 saturated carbocycles. The number of hydrogen-bond acceptors (Lipinski definition) is 3. The summed E-state index contributed by atoms with van der Waals surface area (Å²) in [7, 11) is 0. The highest BCUT2D eigenvalue weighted by atomic mass is 16.5. The normalized spacial score (nSPS) is 10.9. The van der Waals surface area contributed by atoms with E-state index in [9.17, 15) is 4.79 Å². The van der Waals surface area contributed by atoms with Gasteiger partial charge in [0.25, 0.3) is 0 Å². The Balaban J connectivity index is 3.51. The Morgan fingerprint density at radius 1 is 1.44 bits per heavy atom. The van der Waals surface area contributed by atoms with Gasteiger partial charge in [-0.1, -0.05) is 13.8 Å². The van der Waals surface area contributed by atoms with Gasteiger partial charge >= 0.3 is 0 Å². The summed E-state index contributed by atoms with van der Waals surface area (Å²) in [5.74, 6) is -0.225. The molecule has 0 aromatic heterocycles. The van der Waals surface area contributed by atoms with E-state index < -0.39 is 6.29 Å². The van der Waals surface area contributed by atoms with Crippen molar-refractivity contribution in [2.75, 3.05) is 0 Å². The average Bonchev–Trinajstić information content (AvgIpc) is 1.63. The second-order valence-electron chi connectivity index (χ2n) is 2.31. The first-order valence-corrected chi connectivity index (χ1v) is 2.93. The van der Waals surface area contributed by atoms with Gasteiger partial charge in [-0.3, -0.25) is 4.79 Å². The molecular weight excluding hydrogens is 120 g/mol. The maximum Gasteiger partial charge on any atom is 0.158 e. The molecule has 0 aliphatic heterocycles. The smallest absolute Gasteiger partial charge is 0.158 e. The van der Waals surface area contributed by atoms with Crippen molar-refractivity contribution < 1.29 is 15.0 Å².